The Balaban J connectivity index is 2.55. The number of nitrogens with zero attached hydrogens (tertiary/aromatic N) is 1. The molecule has 2 nitrogen and oxygen atoms in total. The maximum Gasteiger partial charge on any atom is 0.142 e. The first-order valence-corrected chi connectivity index (χ1v) is 5.07. The van der Waals surface area contributed by atoms with Crippen molar-refractivity contribution in [2.45, 2.75) is 0 Å². The van der Waals surface area contributed by atoms with Crippen molar-refractivity contribution in [3.8, 4) is 11.4 Å². The molecule has 0 radical (unpaired) electrons. The van der Waals surface area contributed by atoms with E-state index < -0.39 is 0 Å². The minimum atomic E-state index is 0.865. The third kappa shape index (κ3) is 1.68. The smallest absolute Gasteiger partial charge is 0.142 e. The van der Waals surface area contributed by atoms with Gasteiger partial charge in [0.15, 0.2) is 0 Å². The molecule has 0 unspecified atom stereocenters. The number of aromatic nitrogens is 1. The Morgan fingerprint density at radius 1 is 1.21 bits per heavy atom. The summed E-state index contributed by atoms with van der Waals surface area (Å²) in [4.78, 5) is 0. The average Bonchev–Trinajstić information content (AvgIpc) is 2.70. The molecule has 2 aromatic rings. The topological polar surface area (TPSA) is 14.2 Å². The van der Waals surface area contributed by atoms with Gasteiger partial charge in [0.05, 0.1) is 12.8 Å². The van der Waals surface area contributed by atoms with E-state index in [4.69, 9.17) is 4.74 Å². The van der Waals surface area contributed by atoms with Crippen molar-refractivity contribution < 1.29 is 4.74 Å². The number of rotatable bonds is 2. The molecule has 1 aromatic carbocycles. The van der Waals surface area contributed by atoms with E-state index in [0.29, 0.717) is 0 Å². The van der Waals surface area contributed by atoms with Gasteiger partial charge in [0.1, 0.15) is 5.75 Å². The van der Waals surface area contributed by atoms with Crippen LogP contribution in [0, 0.1) is 0 Å². The zero-order valence-electron chi connectivity index (χ0n) is 7.77. The van der Waals surface area contributed by atoms with Crippen LogP contribution in [0.15, 0.2) is 47.2 Å². The maximum absolute atomic E-state index is 5.28. The second kappa shape index (κ2) is 3.88. The van der Waals surface area contributed by atoms with Gasteiger partial charge in [0.25, 0.3) is 0 Å². The summed E-state index contributed by atoms with van der Waals surface area (Å²) in [5.74, 6) is 0.865. The van der Waals surface area contributed by atoms with Gasteiger partial charge < -0.3 is 9.30 Å². The molecule has 3 heteroatoms. The molecule has 0 aliphatic rings. The molecule has 1 heterocycles. The van der Waals surface area contributed by atoms with Crippen LogP contribution in [0.5, 0.6) is 5.75 Å². The lowest BCUT2D eigenvalue weighted by atomic mass is 10.3. The highest BCUT2D eigenvalue weighted by Gasteiger charge is 2.03. The Bertz CT molecular complexity index is 423. The van der Waals surface area contributed by atoms with E-state index in [2.05, 4.69) is 15.9 Å². The van der Waals surface area contributed by atoms with Crippen LogP contribution in [-0.2, 0) is 0 Å². The lowest BCUT2D eigenvalue weighted by Gasteiger charge is -2.09. The molecule has 2 rings (SSSR count). The molecule has 0 amide bonds. The molecular formula is C11H10BrNO. The van der Waals surface area contributed by atoms with Crippen LogP contribution in [0.1, 0.15) is 0 Å². The fourth-order valence-electron chi connectivity index (χ4n) is 1.36. The molecule has 0 saturated carbocycles. The summed E-state index contributed by atoms with van der Waals surface area (Å²) in [7, 11) is 1.68. The number of halogens is 1. The van der Waals surface area contributed by atoms with Crippen LogP contribution < -0.4 is 4.74 Å². The van der Waals surface area contributed by atoms with Crippen LogP contribution >= 0.6 is 15.9 Å². The van der Waals surface area contributed by atoms with E-state index in [1.165, 1.54) is 0 Å². The van der Waals surface area contributed by atoms with Crippen molar-refractivity contribution in [3.05, 3.63) is 47.2 Å². The van der Waals surface area contributed by atoms with Crippen LogP contribution in [0.3, 0.4) is 0 Å². The van der Waals surface area contributed by atoms with E-state index in [1.807, 2.05) is 47.3 Å². The van der Waals surface area contributed by atoms with Crippen LogP contribution in [-0.4, -0.2) is 11.7 Å². The Morgan fingerprint density at radius 3 is 2.57 bits per heavy atom. The van der Waals surface area contributed by atoms with Gasteiger partial charge >= 0.3 is 0 Å². The highest BCUT2D eigenvalue weighted by molar-refractivity contribution is 9.10. The predicted octanol–water partition coefficient (Wildman–Crippen LogP) is 3.25. The van der Waals surface area contributed by atoms with Crippen molar-refractivity contribution in [1.29, 1.82) is 0 Å². The molecule has 0 fully saturated rings. The second-order valence-electron chi connectivity index (χ2n) is 2.91. The van der Waals surface area contributed by atoms with Gasteiger partial charge in [0.2, 0.25) is 0 Å². The van der Waals surface area contributed by atoms with Crippen molar-refractivity contribution in [3.63, 3.8) is 0 Å². The number of methoxy groups -OCH3 is 1. The summed E-state index contributed by atoms with van der Waals surface area (Å²) in [5, 5.41) is 0. The molecule has 0 spiro atoms. The molecule has 0 aliphatic carbocycles. The SMILES string of the molecule is COc1ccc(Br)cc1-n1cccc1. The molecule has 1 aromatic heterocycles. The third-order valence-corrected chi connectivity index (χ3v) is 2.52. The van der Waals surface area contributed by atoms with E-state index in [9.17, 15) is 0 Å². The summed E-state index contributed by atoms with van der Waals surface area (Å²) in [6.07, 6.45) is 3.98. The van der Waals surface area contributed by atoms with Crippen molar-refractivity contribution in [2.75, 3.05) is 7.11 Å². The Labute approximate surface area is 91.3 Å². The van der Waals surface area contributed by atoms with Crippen LogP contribution in [0.4, 0.5) is 0 Å². The molecule has 0 bridgehead atoms. The Kier molecular flexibility index (Phi) is 2.59. The fraction of sp³-hybridized carbons (Fsp3) is 0.0909. The first kappa shape index (κ1) is 9.34. The van der Waals surface area contributed by atoms with Crippen LogP contribution in [0.2, 0.25) is 0 Å². The van der Waals surface area contributed by atoms with E-state index in [-0.39, 0.29) is 0 Å². The minimum Gasteiger partial charge on any atom is -0.495 e. The summed E-state index contributed by atoms with van der Waals surface area (Å²) in [6.45, 7) is 0. The lowest BCUT2D eigenvalue weighted by molar-refractivity contribution is 0.413. The molecule has 0 saturated heterocycles. The summed E-state index contributed by atoms with van der Waals surface area (Å²) in [5.41, 5.74) is 1.03. The minimum absolute atomic E-state index is 0.865. The normalized spacial score (nSPS) is 10.1. The fourth-order valence-corrected chi connectivity index (χ4v) is 1.71. The van der Waals surface area contributed by atoms with Gasteiger partial charge in [-0.15, -0.1) is 0 Å². The summed E-state index contributed by atoms with van der Waals surface area (Å²) >= 11 is 3.44. The van der Waals surface area contributed by atoms with Crippen molar-refractivity contribution in [2.24, 2.45) is 0 Å². The number of hydrogen-bond acceptors (Lipinski definition) is 1. The Hall–Kier alpha value is -1.22. The zero-order chi connectivity index (χ0) is 9.97. The van der Waals surface area contributed by atoms with Gasteiger partial charge in [-0.2, -0.15) is 0 Å². The Morgan fingerprint density at radius 2 is 1.93 bits per heavy atom. The van der Waals surface area contributed by atoms with Crippen LogP contribution in [0.25, 0.3) is 5.69 Å². The second-order valence-corrected chi connectivity index (χ2v) is 3.82. The molecule has 14 heavy (non-hydrogen) atoms. The number of benzene rings is 1. The monoisotopic (exact) mass is 251 g/mol. The first-order valence-electron chi connectivity index (χ1n) is 4.28. The molecule has 0 aliphatic heterocycles. The van der Waals surface area contributed by atoms with Gasteiger partial charge in [-0.1, -0.05) is 15.9 Å². The van der Waals surface area contributed by atoms with E-state index in [0.717, 1.165) is 15.9 Å². The molecular weight excluding hydrogens is 242 g/mol. The van der Waals surface area contributed by atoms with Crippen molar-refractivity contribution in [1.82, 2.24) is 4.57 Å². The maximum atomic E-state index is 5.28. The van der Waals surface area contributed by atoms with E-state index >= 15 is 0 Å². The molecule has 0 N–H and O–H groups in total. The zero-order valence-corrected chi connectivity index (χ0v) is 9.36. The summed E-state index contributed by atoms with van der Waals surface area (Å²) in [6, 6.07) is 9.91. The van der Waals surface area contributed by atoms with Gasteiger partial charge in [0, 0.05) is 16.9 Å². The van der Waals surface area contributed by atoms with E-state index in [1.54, 1.807) is 7.11 Å². The van der Waals surface area contributed by atoms with Gasteiger partial charge in [-0.25, -0.2) is 0 Å². The highest BCUT2D eigenvalue weighted by Crippen LogP contribution is 2.26. The highest BCUT2D eigenvalue weighted by atomic mass is 79.9. The number of ether oxygens (including phenoxy) is 1. The standard InChI is InChI=1S/C11H10BrNO/c1-14-11-5-4-9(12)8-10(11)13-6-2-3-7-13/h2-8H,1H3. The molecule has 72 valence electrons. The van der Waals surface area contributed by atoms with Gasteiger partial charge in [-0.3, -0.25) is 0 Å². The third-order valence-electron chi connectivity index (χ3n) is 2.02. The van der Waals surface area contributed by atoms with Crippen molar-refractivity contribution >= 4 is 15.9 Å². The first-order chi connectivity index (χ1) is 6.81. The summed E-state index contributed by atoms with van der Waals surface area (Å²) < 4.78 is 8.34. The quantitative estimate of drug-likeness (QED) is 0.800. The largest absolute Gasteiger partial charge is 0.495 e. The number of hydrogen-bond donors (Lipinski definition) is 0. The van der Waals surface area contributed by atoms with Gasteiger partial charge in [-0.05, 0) is 30.3 Å². The lowest BCUT2D eigenvalue weighted by Crippen LogP contribution is -1.94. The predicted molar refractivity (Wildman–Crippen MR) is 60.0 cm³/mol. The molecule has 0 atom stereocenters. The average molecular weight is 252 g/mol.